The molecule has 2 rings (SSSR count). The second-order valence-corrected chi connectivity index (χ2v) is 9.58. The first-order chi connectivity index (χ1) is 18.4. The van der Waals surface area contributed by atoms with E-state index in [1.165, 1.54) is 4.90 Å². The van der Waals surface area contributed by atoms with Gasteiger partial charge < -0.3 is 29.5 Å². The van der Waals surface area contributed by atoms with Gasteiger partial charge in [-0.15, -0.1) is 0 Å². The van der Waals surface area contributed by atoms with Crippen LogP contribution < -0.4 is 10.1 Å². The lowest BCUT2D eigenvalue weighted by molar-refractivity contribution is -0.149. The summed E-state index contributed by atoms with van der Waals surface area (Å²) in [5, 5.41) is 12.2. The molecule has 8 nitrogen and oxygen atoms in total. The number of aliphatic carboxylic acids is 1. The maximum atomic E-state index is 13.1. The minimum absolute atomic E-state index is 0.106. The first-order valence-corrected chi connectivity index (χ1v) is 13.0. The Hall–Kier alpha value is -3.24. The van der Waals surface area contributed by atoms with Crippen molar-refractivity contribution in [3.8, 4) is 5.75 Å². The van der Waals surface area contributed by atoms with E-state index in [-0.39, 0.29) is 45.4 Å². The Labute approximate surface area is 229 Å². The number of carboxylic acid groups (broad SMARTS) is 1. The van der Waals surface area contributed by atoms with Crippen LogP contribution >= 0.6 is 0 Å². The van der Waals surface area contributed by atoms with E-state index < -0.39 is 24.4 Å². The molecule has 0 fully saturated rings. The summed E-state index contributed by atoms with van der Waals surface area (Å²) in [6.45, 7) is 9.40. The van der Waals surface area contributed by atoms with Gasteiger partial charge >= 0.3 is 12.0 Å². The monoisotopic (exact) mass is 550 g/mol. The Balaban J connectivity index is 1.98. The molecule has 10 heteroatoms. The number of ether oxygens (including phenoxy) is 3. The zero-order valence-electron chi connectivity index (χ0n) is 23.4. The molecule has 0 radical (unpaired) electrons. The SMILES string of the molecule is CCOC(Cc1ccc(OCCN(CCOCCC(C)(F)F)C(=O)Nc2cc(C)c(C)cc2C)cc1)C(=O)O. The Kier molecular flexibility index (Phi) is 12.6. The third-order valence-corrected chi connectivity index (χ3v) is 6.18. The van der Waals surface area contributed by atoms with Crippen molar-refractivity contribution in [2.75, 3.05) is 44.8 Å². The van der Waals surface area contributed by atoms with Crippen LogP contribution in [0, 0.1) is 20.8 Å². The number of hydrogen-bond acceptors (Lipinski definition) is 5. The van der Waals surface area contributed by atoms with Gasteiger partial charge in [0.1, 0.15) is 12.4 Å². The van der Waals surface area contributed by atoms with Crippen molar-refractivity contribution in [3.05, 3.63) is 58.7 Å². The van der Waals surface area contributed by atoms with Crippen LogP contribution in [-0.4, -0.2) is 73.6 Å². The number of carboxylic acids is 1. The molecule has 1 atom stereocenters. The number of carbonyl (C=O) groups excluding carboxylic acids is 1. The Bertz CT molecular complexity index is 1070. The van der Waals surface area contributed by atoms with E-state index in [0.29, 0.717) is 18.0 Å². The molecule has 2 amide bonds. The number of nitrogens with zero attached hydrogens (tertiary/aromatic N) is 1. The van der Waals surface area contributed by atoms with Gasteiger partial charge in [0.05, 0.1) is 19.8 Å². The Morgan fingerprint density at radius 2 is 1.64 bits per heavy atom. The molecule has 216 valence electrons. The molecule has 0 aliphatic heterocycles. The number of carbonyl (C=O) groups is 2. The molecule has 0 heterocycles. The van der Waals surface area contributed by atoms with E-state index >= 15 is 0 Å². The average Bonchev–Trinajstić information content (AvgIpc) is 2.85. The quantitative estimate of drug-likeness (QED) is 0.264. The molecule has 0 saturated carbocycles. The normalized spacial score (nSPS) is 12.2. The molecule has 0 aliphatic carbocycles. The number of rotatable bonds is 16. The standard InChI is InChI=1S/C29H40F2N2O6/c1-6-38-26(27(34)35)19-23-7-9-24(10-8-23)39-16-13-33(12-15-37-14-11-29(5,30)31)28(36)32-25-18-21(3)20(2)17-22(25)4/h7-10,17-18,26H,6,11-16,19H2,1-5H3,(H,32,36)(H,34,35). The minimum Gasteiger partial charge on any atom is -0.492 e. The van der Waals surface area contributed by atoms with Gasteiger partial charge in [-0.25, -0.2) is 18.4 Å². The molecule has 2 aromatic rings. The average molecular weight is 551 g/mol. The molecule has 0 spiro atoms. The van der Waals surface area contributed by atoms with Crippen LogP contribution in [0.4, 0.5) is 19.3 Å². The van der Waals surface area contributed by atoms with Crippen molar-refractivity contribution in [2.24, 2.45) is 0 Å². The van der Waals surface area contributed by atoms with Crippen LogP contribution in [-0.2, 0) is 20.7 Å². The third-order valence-electron chi connectivity index (χ3n) is 6.18. The van der Waals surface area contributed by atoms with Gasteiger partial charge in [0, 0.05) is 31.7 Å². The highest BCUT2D eigenvalue weighted by atomic mass is 19.3. The molecular formula is C29H40F2N2O6. The summed E-state index contributed by atoms with van der Waals surface area (Å²) in [4.78, 5) is 25.9. The highest BCUT2D eigenvalue weighted by Gasteiger charge is 2.21. The minimum atomic E-state index is -2.81. The number of aryl methyl sites for hydroxylation is 3. The fraction of sp³-hybridized carbons (Fsp3) is 0.517. The van der Waals surface area contributed by atoms with Crippen molar-refractivity contribution in [1.82, 2.24) is 4.90 Å². The van der Waals surface area contributed by atoms with Gasteiger partial charge in [-0.1, -0.05) is 18.2 Å². The summed E-state index contributed by atoms with van der Waals surface area (Å²) in [5.74, 6) is -3.26. The van der Waals surface area contributed by atoms with Crippen molar-refractivity contribution in [1.29, 1.82) is 0 Å². The van der Waals surface area contributed by atoms with E-state index in [0.717, 1.165) is 29.2 Å². The van der Waals surface area contributed by atoms with E-state index in [4.69, 9.17) is 14.2 Å². The van der Waals surface area contributed by atoms with Crippen LogP contribution in [0.2, 0.25) is 0 Å². The molecule has 2 N–H and O–H groups in total. The highest BCUT2D eigenvalue weighted by Crippen LogP contribution is 2.21. The van der Waals surface area contributed by atoms with Crippen molar-refractivity contribution >= 4 is 17.7 Å². The lowest BCUT2D eigenvalue weighted by Crippen LogP contribution is -2.40. The van der Waals surface area contributed by atoms with Crippen molar-refractivity contribution < 1.29 is 37.7 Å². The van der Waals surface area contributed by atoms with Crippen molar-refractivity contribution in [2.45, 2.75) is 59.5 Å². The number of alkyl halides is 2. The summed E-state index contributed by atoms with van der Waals surface area (Å²) in [6, 6.07) is 10.6. The fourth-order valence-corrected chi connectivity index (χ4v) is 3.76. The number of urea groups is 1. The van der Waals surface area contributed by atoms with E-state index in [2.05, 4.69) is 5.32 Å². The second kappa shape index (κ2) is 15.4. The molecule has 0 aliphatic rings. The highest BCUT2D eigenvalue weighted by molar-refractivity contribution is 5.90. The summed E-state index contributed by atoms with van der Waals surface area (Å²) < 4.78 is 42.5. The van der Waals surface area contributed by atoms with Crippen LogP contribution in [0.5, 0.6) is 5.75 Å². The lowest BCUT2D eigenvalue weighted by atomic mass is 10.1. The molecule has 0 bridgehead atoms. The van der Waals surface area contributed by atoms with Gasteiger partial charge in [-0.05, 0) is 75.1 Å². The van der Waals surface area contributed by atoms with Gasteiger partial charge in [0.25, 0.3) is 0 Å². The number of hydrogen-bond donors (Lipinski definition) is 2. The molecule has 39 heavy (non-hydrogen) atoms. The molecule has 1 unspecified atom stereocenters. The Morgan fingerprint density at radius 1 is 1.00 bits per heavy atom. The van der Waals surface area contributed by atoms with Crippen molar-refractivity contribution in [3.63, 3.8) is 0 Å². The van der Waals surface area contributed by atoms with Crippen LogP contribution in [0.1, 0.15) is 42.5 Å². The predicted molar refractivity (Wildman–Crippen MR) is 146 cm³/mol. The maximum Gasteiger partial charge on any atom is 0.333 e. The number of anilines is 1. The van der Waals surface area contributed by atoms with Gasteiger partial charge in [-0.3, -0.25) is 0 Å². The maximum absolute atomic E-state index is 13.1. The van der Waals surface area contributed by atoms with Crippen LogP contribution in [0.15, 0.2) is 36.4 Å². The Morgan fingerprint density at radius 3 is 2.26 bits per heavy atom. The largest absolute Gasteiger partial charge is 0.492 e. The zero-order chi connectivity index (χ0) is 29.0. The van der Waals surface area contributed by atoms with Gasteiger partial charge in [0.15, 0.2) is 6.10 Å². The summed E-state index contributed by atoms with van der Waals surface area (Å²) in [6.07, 6.45) is -1.07. The summed E-state index contributed by atoms with van der Waals surface area (Å²) in [7, 11) is 0. The summed E-state index contributed by atoms with van der Waals surface area (Å²) >= 11 is 0. The number of halogens is 2. The topological polar surface area (TPSA) is 97.3 Å². The fourth-order valence-electron chi connectivity index (χ4n) is 3.76. The second-order valence-electron chi connectivity index (χ2n) is 9.58. The number of benzene rings is 2. The summed E-state index contributed by atoms with van der Waals surface area (Å²) in [5.41, 5.74) is 4.59. The molecule has 0 aromatic heterocycles. The molecular weight excluding hydrogens is 510 g/mol. The molecule has 2 aromatic carbocycles. The van der Waals surface area contributed by atoms with E-state index in [1.54, 1.807) is 31.2 Å². The van der Waals surface area contributed by atoms with E-state index in [9.17, 15) is 23.5 Å². The smallest absolute Gasteiger partial charge is 0.333 e. The van der Waals surface area contributed by atoms with Crippen LogP contribution in [0.25, 0.3) is 0 Å². The zero-order valence-corrected chi connectivity index (χ0v) is 23.4. The third kappa shape index (κ3) is 11.6. The first kappa shape index (κ1) is 32.0. The number of amides is 2. The molecule has 0 saturated heterocycles. The predicted octanol–water partition coefficient (Wildman–Crippen LogP) is 5.62. The van der Waals surface area contributed by atoms with Crippen LogP contribution in [0.3, 0.4) is 0 Å². The lowest BCUT2D eigenvalue weighted by Gasteiger charge is -2.24. The van der Waals surface area contributed by atoms with Gasteiger partial charge in [0.2, 0.25) is 5.92 Å². The van der Waals surface area contributed by atoms with Gasteiger partial charge in [-0.2, -0.15) is 0 Å². The van der Waals surface area contributed by atoms with E-state index in [1.807, 2.05) is 32.9 Å². The first-order valence-electron chi connectivity index (χ1n) is 13.0. The number of nitrogens with one attached hydrogen (secondary N) is 1.